The van der Waals surface area contributed by atoms with Crippen molar-refractivity contribution in [2.45, 2.75) is 18.9 Å². The topological polar surface area (TPSA) is 64.7 Å². The maximum atomic E-state index is 9.75. The van der Waals surface area contributed by atoms with Crippen molar-refractivity contribution in [1.82, 2.24) is 0 Å². The number of halogens is 1. The number of benzene rings is 1. The molecular formula is C13H18ClNO3. The third-order valence-corrected chi connectivity index (χ3v) is 3.30. The monoisotopic (exact) mass is 271 g/mol. The molecule has 0 aliphatic heterocycles. The van der Waals surface area contributed by atoms with Gasteiger partial charge in [-0.25, -0.2) is 0 Å². The van der Waals surface area contributed by atoms with Gasteiger partial charge in [-0.15, -0.1) is 0 Å². The van der Waals surface area contributed by atoms with Crippen LogP contribution in [0.25, 0.3) is 0 Å². The summed E-state index contributed by atoms with van der Waals surface area (Å²) in [6.07, 6.45) is 1.68. The third-order valence-electron chi connectivity index (χ3n) is 3.02. The van der Waals surface area contributed by atoms with Gasteiger partial charge in [0.15, 0.2) is 11.5 Å². The van der Waals surface area contributed by atoms with Gasteiger partial charge in [0.05, 0.1) is 24.8 Å². The molecule has 0 saturated heterocycles. The van der Waals surface area contributed by atoms with Crippen molar-refractivity contribution >= 4 is 11.6 Å². The number of methoxy groups -OCH3 is 1. The largest absolute Gasteiger partial charge is 0.491 e. The van der Waals surface area contributed by atoms with Gasteiger partial charge in [-0.3, -0.25) is 0 Å². The third kappa shape index (κ3) is 3.07. The quantitative estimate of drug-likeness (QED) is 0.832. The minimum absolute atomic E-state index is 0.144. The maximum absolute atomic E-state index is 9.75. The number of hydrogen-bond donors (Lipinski definition) is 2. The second-order valence-electron chi connectivity index (χ2n) is 4.54. The standard InChI is InChI=1S/C13H18ClNO3/c1-17-13-10(14)4-9(11(16)6-15)5-12(13)18-7-8-2-3-8/h4-5,8,11,16H,2-3,6-7,15H2,1H3. The van der Waals surface area contributed by atoms with Crippen LogP contribution >= 0.6 is 11.6 Å². The Morgan fingerprint density at radius 2 is 2.22 bits per heavy atom. The molecule has 4 nitrogen and oxygen atoms in total. The van der Waals surface area contributed by atoms with Gasteiger partial charge in [0.1, 0.15) is 0 Å². The van der Waals surface area contributed by atoms with Crippen molar-refractivity contribution in [3.8, 4) is 11.5 Å². The minimum atomic E-state index is -0.739. The zero-order valence-corrected chi connectivity index (χ0v) is 11.1. The van der Waals surface area contributed by atoms with Gasteiger partial charge in [-0.1, -0.05) is 11.6 Å². The first-order valence-corrected chi connectivity index (χ1v) is 6.41. The van der Waals surface area contributed by atoms with E-state index in [1.54, 1.807) is 19.2 Å². The van der Waals surface area contributed by atoms with Crippen molar-refractivity contribution in [2.75, 3.05) is 20.3 Å². The van der Waals surface area contributed by atoms with Gasteiger partial charge in [-0.2, -0.15) is 0 Å². The molecule has 0 bridgehead atoms. The highest BCUT2D eigenvalue weighted by atomic mass is 35.5. The molecule has 1 aliphatic rings. The molecule has 2 rings (SSSR count). The fourth-order valence-corrected chi connectivity index (χ4v) is 2.01. The molecule has 1 unspecified atom stereocenters. The Morgan fingerprint density at radius 1 is 1.50 bits per heavy atom. The molecule has 0 heterocycles. The molecular weight excluding hydrogens is 254 g/mol. The van der Waals surface area contributed by atoms with E-state index in [1.807, 2.05) is 0 Å². The zero-order chi connectivity index (χ0) is 13.1. The van der Waals surface area contributed by atoms with Crippen molar-refractivity contribution in [2.24, 2.45) is 11.7 Å². The van der Waals surface area contributed by atoms with E-state index >= 15 is 0 Å². The number of aliphatic hydroxyl groups is 1. The number of aliphatic hydroxyl groups excluding tert-OH is 1. The first-order valence-electron chi connectivity index (χ1n) is 6.04. The number of hydrogen-bond acceptors (Lipinski definition) is 4. The highest BCUT2D eigenvalue weighted by Crippen LogP contribution is 2.39. The first-order chi connectivity index (χ1) is 8.65. The van der Waals surface area contributed by atoms with Crippen molar-refractivity contribution < 1.29 is 14.6 Å². The molecule has 1 fully saturated rings. The molecule has 1 aromatic carbocycles. The molecule has 0 amide bonds. The molecule has 5 heteroatoms. The van der Waals surface area contributed by atoms with E-state index in [-0.39, 0.29) is 6.54 Å². The number of ether oxygens (including phenoxy) is 2. The van der Waals surface area contributed by atoms with Crippen LogP contribution in [-0.2, 0) is 0 Å². The lowest BCUT2D eigenvalue weighted by atomic mass is 10.1. The molecule has 1 aliphatic carbocycles. The smallest absolute Gasteiger partial charge is 0.179 e. The lowest BCUT2D eigenvalue weighted by Gasteiger charge is -2.16. The van der Waals surface area contributed by atoms with E-state index in [0.717, 1.165) is 0 Å². The Morgan fingerprint density at radius 3 is 2.78 bits per heavy atom. The second kappa shape index (κ2) is 5.78. The van der Waals surface area contributed by atoms with Crippen molar-refractivity contribution in [1.29, 1.82) is 0 Å². The Kier molecular flexibility index (Phi) is 4.32. The predicted molar refractivity (Wildman–Crippen MR) is 70.2 cm³/mol. The van der Waals surface area contributed by atoms with Crippen LogP contribution in [0, 0.1) is 5.92 Å². The molecule has 1 atom stereocenters. The molecule has 100 valence electrons. The Hall–Kier alpha value is -0.970. The molecule has 0 spiro atoms. The Bertz CT molecular complexity index is 421. The predicted octanol–water partition coefficient (Wildman–Crippen LogP) is 2.13. The normalized spacial score (nSPS) is 16.4. The molecule has 1 saturated carbocycles. The summed E-state index contributed by atoms with van der Waals surface area (Å²) in [6.45, 7) is 0.805. The van der Waals surface area contributed by atoms with E-state index in [9.17, 15) is 5.11 Å². The fourth-order valence-electron chi connectivity index (χ4n) is 1.71. The van der Waals surface area contributed by atoms with E-state index in [2.05, 4.69) is 0 Å². The summed E-state index contributed by atoms with van der Waals surface area (Å²) in [5.74, 6) is 1.71. The molecule has 0 aromatic heterocycles. The van der Waals surface area contributed by atoms with Crippen LogP contribution in [0.15, 0.2) is 12.1 Å². The number of rotatable bonds is 6. The van der Waals surface area contributed by atoms with Gasteiger partial charge >= 0.3 is 0 Å². The van der Waals surface area contributed by atoms with Crippen molar-refractivity contribution in [3.05, 3.63) is 22.7 Å². The van der Waals surface area contributed by atoms with Gasteiger partial charge in [0, 0.05) is 6.54 Å². The SMILES string of the molecule is COc1c(Cl)cc(C(O)CN)cc1OCC1CC1. The summed E-state index contributed by atoms with van der Waals surface area (Å²) in [6, 6.07) is 3.40. The van der Waals surface area contributed by atoms with Crippen LogP contribution in [-0.4, -0.2) is 25.4 Å². The van der Waals surface area contributed by atoms with Gasteiger partial charge in [-0.05, 0) is 36.5 Å². The lowest BCUT2D eigenvalue weighted by Crippen LogP contribution is -2.12. The average molecular weight is 272 g/mol. The van der Waals surface area contributed by atoms with E-state index in [0.29, 0.717) is 34.6 Å². The van der Waals surface area contributed by atoms with Crippen LogP contribution in [0.1, 0.15) is 24.5 Å². The highest BCUT2D eigenvalue weighted by Gasteiger charge is 2.23. The first kappa shape index (κ1) is 13.5. The van der Waals surface area contributed by atoms with Crippen LogP contribution in [0.5, 0.6) is 11.5 Å². The van der Waals surface area contributed by atoms with Crippen LogP contribution in [0.2, 0.25) is 5.02 Å². The van der Waals surface area contributed by atoms with Gasteiger partial charge in [0.25, 0.3) is 0 Å². The van der Waals surface area contributed by atoms with Crippen LogP contribution < -0.4 is 15.2 Å². The highest BCUT2D eigenvalue weighted by molar-refractivity contribution is 6.32. The summed E-state index contributed by atoms with van der Waals surface area (Å²) in [5, 5.41) is 10.2. The average Bonchev–Trinajstić information content (AvgIpc) is 3.18. The van der Waals surface area contributed by atoms with E-state index < -0.39 is 6.10 Å². The molecule has 18 heavy (non-hydrogen) atoms. The second-order valence-corrected chi connectivity index (χ2v) is 4.95. The Labute approximate surface area is 112 Å². The summed E-state index contributed by atoms with van der Waals surface area (Å²) in [4.78, 5) is 0. The Balaban J connectivity index is 2.23. The maximum Gasteiger partial charge on any atom is 0.179 e. The van der Waals surface area contributed by atoms with Crippen molar-refractivity contribution in [3.63, 3.8) is 0 Å². The zero-order valence-electron chi connectivity index (χ0n) is 10.4. The summed E-state index contributed by atoms with van der Waals surface area (Å²) in [5.41, 5.74) is 6.09. The van der Waals surface area contributed by atoms with Crippen LogP contribution in [0.4, 0.5) is 0 Å². The number of nitrogens with two attached hydrogens (primary N) is 1. The lowest BCUT2D eigenvalue weighted by molar-refractivity contribution is 0.185. The molecule has 0 radical (unpaired) electrons. The summed E-state index contributed by atoms with van der Waals surface area (Å²) < 4.78 is 10.9. The minimum Gasteiger partial charge on any atom is -0.491 e. The van der Waals surface area contributed by atoms with E-state index in [1.165, 1.54) is 12.8 Å². The summed E-state index contributed by atoms with van der Waals surface area (Å²) in [7, 11) is 1.55. The summed E-state index contributed by atoms with van der Waals surface area (Å²) >= 11 is 6.11. The van der Waals surface area contributed by atoms with Gasteiger partial charge < -0.3 is 20.3 Å². The fraction of sp³-hybridized carbons (Fsp3) is 0.538. The molecule has 3 N–H and O–H groups in total. The van der Waals surface area contributed by atoms with E-state index in [4.69, 9.17) is 26.8 Å². The molecule has 1 aromatic rings. The van der Waals surface area contributed by atoms with Gasteiger partial charge in [0.2, 0.25) is 0 Å². The van der Waals surface area contributed by atoms with Crippen LogP contribution in [0.3, 0.4) is 0 Å².